The Labute approximate surface area is 135 Å². The molecule has 0 radical (unpaired) electrons. The molecule has 0 atom stereocenters. The average Bonchev–Trinajstić information content (AvgIpc) is 2.62. The van der Waals surface area contributed by atoms with Crippen molar-refractivity contribution < 1.29 is 0 Å². The Morgan fingerprint density at radius 2 is 1.70 bits per heavy atom. The maximum absolute atomic E-state index is 8.74. The highest BCUT2D eigenvalue weighted by Gasteiger charge is 1.99. The van der Waals surface area contributed by atoms with Crippen LogP contribution in [-0.4, -0.2) is 9.97 Å². The minimum absolute atomic E-state index is 0.399. The predicted molar refractivity (Wildman–Crippen MR) is 89.2 cm³/mol. The van der Waals surface area contributed by atoms with Crippen molar-refractivity contribution in [2.45, 2.75) is 6.42 Å². The maximum Gasteiger partial charge on any atom is 0.0887 e. The molecule has 0 aliphatic carbocycles. The summed E-state index contributed by atoms with van der Waals surface area (Å²) >= 11 is 0. The van der Waals surface area contributed by atoms with E-state index in [0.29, 0.717) is 6.42 Å². The molecule has 3 rings (SSSR count). The lowest BCUT2D eigenvalue weighted by atomic mass is 10.1. The van der Waals surface area contributed by atoms with Crippen molar-refractivity contribution >= 4 is 0 Å². The van der Waals surface area contributed by atoms with Gasteiger partial charge in [0.15, 0.2) is 0 Å². The first-order chi connectivity index (χ1) is 11.3. The molecule has 0 N–H and O–H groups in total. The first-order valence-corrected chi connectivity index (χ1v) is 7.20. The van der Waals surface area contributed by atoms with Gasteiger partial charge in [-0.1, -0.05) is 30.0 Å². The van der Waals surface area contributed by atoms with E-state index < -0.39 is 0 Å². The van der Waals surface area contributed by atoms with Gasteiger partial charge in [0.05, 0.1) is 23.9 Å². The van der Waals surface area contributed by atoms with Crippen LogP contribution in [0, 0.1) is 23.2 Å². The Morgan fingerprint density at radius 3 is 2.43 bits per heavy atom. The highest BCUT2D eigenvalue weighted by atomic mass is 14.8. The van der Waals surface area contributed by atoms with Crippen molar-refractivity contribution in [2.24, 2.45) is 0 Å². The van der Waals surface area contributed by atoms with Gasteiger partial charge >= 0.3 is 0 Å². The monoisotopic (exact) mass is 295 g/mol. The first-order valence-electron chi connectivity index (χ1n) is 7.20. The fourth-order valence-electron chi connectivity index (χ4n) is 2.13. The van der Waals surface area contributed by atoms with Crippen LogP contribution in [-0.2, 0) is 6.42 Å². The van der Waals surface area contributed by atoms with E-state index in [9.17, 15) is 0 Å². The summed E-state index contributed by atoms with van der Waals surface area (Å²) in [5.41, 5.74) is 4.38. The van der Waals surface area contributed by atoms with E-state index in [1.807, 2.05) is 54.6 Å². The van der Waals surface area contributed by atoms with Crippen LogP contribution < -0.4 is 0 Å². The summed E-state index contributed by atoms with van der Waals surface area (Å²) in [5, 5.41) is 8.74. The van der Waals surface area contributed by atoms with Gasteiger partial charge in [0, 0.05) is 23.5 Å². The van der Waals surface area contributed by atoms with Gasteiger partial charge in [-0.3, -0.25) is 9.97 Å². The number of nitriles is 1. The van der Waals surface area contributed by atoms with Crippen LogP contribution in [0.4, 0.5) is 0 Å². The fraction of sp³-hybridized carbons (Fsp3) is 0.0500. The molecule has 3 heteroatoms. The van der Waals surface area contributed by atoms with Crippen molar-refractivity contribution in [3.05, 3.63) is 83.7 Å². The summed E-state index contributed by atoms with van der Waals surface area (Å²) in [6.07, 6.45) is 3.89. The number of benzene rings is 1. The van der Waals surface area contributed by atoms with Crippen LogP contribution in [0.2, 0.25) is 0 Å². The van der Waals surface area contributed by atoms with Crippen LogP contribution in [0.1, 0.15) is 16.7 Å². The van der Waals surface area contributed by atoms with Gasteiger partial charge in [0.1, 0.15) is 0 Å². The quantitative estimate of drug-likeness (QED) is 0.679. The third kappa shape index (κ3) is 3.81. The summed E-state index contributed by atoms with van der Waals surface area (Å²) in [6, 6.07) is 19.4. The molecular weight excluding hydrogens is 282 g/mol. The van der Waals surface area contributed by atoms with Gasteiger partial charge in [-0.2, -0.15) is 5.26 Å². The first kappa shape index (κ1) is 14.5. The smallest absolute Gasteiger partial charge is 0.0887 e. The molecule has 0 bridgehead atoms. The summed E-state index contributed by atoms with van der Waals surface area (Å²) in [6.45, 7) is 0. The molecule has 1 aromatic carbocycles. The number of rotatable bonds is 2. The van der Waals surface area contributed by atoms with Crippen molar-refractivity contribution in [1.82, 2.24) is 9.97 Å². The Morgan fingerprint density at radius 1 is 0.826 bits per heavy atom. The van der Waals surface area contributed by atoms with Crippen molar-refractivity contribution in [3.63, 3.8) is 0 Å². The molecule has 0 aliphatic heterocycles. The van der Waals surface area contributed by atoms with Crippen LogP contribution in [0.15, 0.2) is 67.0 Å². The molecule has 2 heterocycles. The van der Waals surface area contributed by atoms with E-state index >= 15 is 0 Å². The van der Waals surface area contributed by atoms with Gasteiger partial charge in [0.2, 0.25) is 0 Å². The molecule has 0 aliphatic rings. The predicted octanol–water partition coefficient (Wildman–Crippen LogP) is 3.61. The molecule has 0 spiro atoms. The third-order valence-electron chi connectivity index (χ3n) is 3.25. The van der Waals surface area contributed by atoms with E-state index in [0.717, 1.165) is 28.1 Å². The van der Waals surface area contributed by atoms with Crippen LogP contribution >= 0.6 is 0 Å². The fourth-order valence-corrected chi connectivity index (χ4v) is 2.13. The molecule has 0 fully saturated rings. The number of hydrogen-bond acceptors (Lipinski definition) is 3. The van der Waals surface area contributed by atoms with E-state index in [2.05, 4.69) is 27.9 Å². The van der Waals surface area contributed by atoms with Crippen molar-refractivity contribution in [1.29, 1.82) is 5.26 Å². The molecule has 108 valence electrons. The summed E-state index contributed by atoms with van der Waals surface area (Å²) in [7, 11) is 0. The molecule has 23 heavy (non-hydrogen) atoms. The largest absolute Gasteiger partial charge is 0.255 e. The lowest BCUT2D eigenvalue weighted by Crippen LogP contribution is -1.87. The molecule has 0 saturated heterocycles. The Balaban J connectivity index is 1.80. The zero-order valence-corrected chi connectivity index (χ0v) is 12.4. The third-order valence-corrected chi connectivity index (χ3v) is 3.25. The van der Waals surface area contributed by atoms with Crippen molar-refractivity contribution in [3.8, 4) is 29.3 Å². The second-order valence-corrected chi connectivity index (χ2v) is 4.93. The topological polar surface area (TPSA) is 49.6 Å². The lowest BCUT2D eigenvalue weighted by Gasteiger charge is -1.99. The van der Waals surface area contributed by atoms with Crippen LogP contribution in [0.5, 0.6) is 0 Å². The molecule has 3 nitrogen and oxygen atoms in total. The van der Waals surface area contributed by atoms with Crippen molar-refractivity contribution in [2.75, 3.05) is 0 Å². The van der Waals surface area contributed by atoms with E-state index in [1.165, 1.54) is 0 Å². The van der Waals surface area contributed by atoms with Gasteiger partial charge in [-0.15, -0.1) is 0 Å². The second kappa shape index (κ2) is 7.02. The highest BCUT2D eigenvalue weighted by Crippen LogP contribution is 2.13. The SMILES string of the molecule is N#CCc1cccc(C#Cc2ccc(-c3ccccn3)nc2)c1. The highest BCUT2D eigenvalue weighted by molar-refractivity contribution is 5.55. The summed E-state index contributed by atoms with van der Waals surface area (Å²) < 4.78 is 0. The van der Waals surface area contributed by atoms with Gasteiger partial charge in [-0.05, 0) is 42.0 Å². The number of nitrogens with zero attached hydrogens (tertiary/aromatic N) is 3. The zero-order valence-electron chi connectivity index (χ0n) is 12.4. The van der Waals surface area contributed by atoms with E-state index in [1.54, 1.807) is 12.4 Å². The zero-order chi connectivity index (χ0) is 15.9. The van der Waals surface area contributed by atoms with Gasteiger partial charge in [-0.25, -0.2) is 0 Å². The molecule has 2 aromatic heterocycles. The molecule has 0 saturated carbocycles. The molecule has 0 unspecified atom stereocenters. The Kier molecular flexibility index (Phi) is 4.43. The minimum atomic E-state index is 0.399. The van der Waals surface area contributed by atoms with Gasteiger partial charge in [0.25, 0.3) is 0 Å². The standard InChI is InChI=1S/C20H13N3/c21-12-11-17-5-3-4-16(14-17)7-8-18-9-10-20(23-15-18)19-6-1-2-13-22-19/h1-6,9-10,13-15H,11H2. The lowest BCUT2D eigenvalue weighted by molar-refractivity contribution is 1.24. The maximum atomic E-state index is 8.74. The molecular formula is C20H13N3. The van der Waals surface area contributed by atoms with Crippen LogP contribution in [0.3, 0.4) is 0 Å². The molecule has 3 aromatic rings. The second-order valence-electron chi connectivity index (χ2n) is 4.93. The Bertz CT molecular complexity index is 895. The number of aromatic nitrogens is 2. The average molecular weight is 295 g/mol. The van der Waals surface area contributed by atoms with E-state index in [4.69, 9.17) is 5.26 Å². The van der Waals surface area contributed by atoms with Crippen LogP contribution in [0.25, 0.3) is 11.4 Å². The normalized spacial score (nSPS) is 9.52. The number of hydrogen-bond donors (Lipinski definition) is 0. The summed E-state index contributed by atoms with van der Waals surface area (Å²) in [5.74, 6) is 6.20. The summed E-state index contributed by atoms with van der Waals surface area (Å²) in [4.78, 5) is 8.67. The minimum Gasteiger partial charge on any atom is -0.255 e. The van der Waals surface area contributed by atoms with Gasteiger partial charge < -0.3 is 0 Å². The Hall–Kier alpha value is -3.43. The molecule has 0 amide bonds. The van der Waals surface area contributed by atoms with E-state index in [-0.39, 0.29) is 0 Å². The number of pyridine rings is 2.